The molecule has 0 unspecified atom stereocenters. The highest BCUT2D eigenvalue weighted by Gasteiger charge is 2.37. The first-order valence-electron chi connectivity index (χ1n) is 7.15. The summed E-state index contributed by atoms with van der Waals surface area (Å²) < 4.78 is 0. The van der Waals surface area contributed by atoms with Crippen molar-refractivity contribution in [2.75, 3.05) is 26.4 Å². The molecule has 1 aliphatic heterocycles. The molecular weight excluding hydrogens is 260 g/mol. The molecule has 2 rings (SSSR count). The van der Waals surface area contributed by atoms with E-state index in [2.05, 4.69) is 6.92 Å². The number of likely N-dealkylation sites (tertiary alicyclic amines) is 1. The van der Waals surface area contributed by atoms with Crippen LogP contribution in [0.2, 0.25) is 0 Å². The fraction of sp³-hybridized carbons (Fsp3) is 0.857. The van der Waals surface area contributed by atoms with Crippen LogP contribution in [0.25, 0.3) is 0 Å². The molecule has 0 radical (unpaired) electrons. The summed E-state index contributed by atoms with van der Waals surface area (Å²) >= 11 is 2.00. The zero-order valence-electron chi connectivity index (χ0n) is 12.1. The fourth-order valence-corrected chi connectivity index (χ4v) is 4.29. The van der Waals surface area contributed by atoms with Gasteiger partial charge in [0.25, 0.3) is 0 Å². The van der Waals surface area contributed by atoms with Crippen molar-refractivity contribution in [2.45, 2.75) is 43.9 Å². The van der Waals surface area contributed by atoms with Crippen molar-refractivity contribution in [3.8, 4) is 0 Å². The first kappa shape index (κ1) is 14.7. The van der Waals surface area contributed by atoms with Crippen LogP contribution in [0.4, 0.5) is 0 Å². The zero-order valence-corrected chi connectivity index (χ0v) is 12.9. The fourth-order valence-electron chi connectivity index (χ4n) is 3.15. The topological polar surface area (TPSA) is 40.6 Å². The maximum Gasteiger partial charge on any atom is 0.227 e. The number of nitrogens with zero attached hydrogens (tertiary/aromatic N) is 2. The van der Waals surface area contributed by atoms with Gasteiger partial charge in [0, 0.05) is 38.4 Å². The van der Waals surface area contributed by atoms with Gasteiger partial charge in [-0.25, -0.2) is 0 Å². The Morgan fingerprint density at radius 3 is 2.79 bits per heavy atom. The molecule has 1 aliphatic carbocycles. The third-order valence-corrected chi connectivity index (χ3v) is 5.58. The maximum atomic E-state index is 12.4. The average Bonchev–Trinajstić information content (AvgIpc) is 2.96. The second-order valence-electron chi connectivity index (χ2n) is 5.67. The Kier molecular flexibility index (Phi) is 4.76. The van der Waals surface area contributed by atoms with Gasteiger partial charge in [0.05, 0.1) is 5.92 Å². The van der Waals surface area contributed by atoms with Crippen molar-refractivity contribution in [3.05, 3.63) is 0 Å². The summed E-state index contributed by atoms with van der Waals surface area (Å²) in [6.07, 6.45) is 3.82. The molecule has 2 amide bonds. The molecule has 0 N–H and O–H groups in total. The van der Waals surface area contributed by atoms with Gasteiger partial charge in [-0.15, -0.1) is 0 Å². The van der Waals surface area contributed by atoms with Crippen LogP contribution in [-0.4, -0.2) is 59.3 Å². The Morgan fingerprint density at radius 2 is 2.21 bits per heavy atom. The lowest BCUT2D eigenvalue weighted by atomic mass is 10.1. The van der Waals surface area contributed by atoms with Gasteiger partial charge in [-0.3, -0.25) is 9.59 Å². The highest BCUT2D eigenvalue weighted by atomic mass is 32.2. The molecule has 0 aromatic carbocycles. The van der Waals surface area contributed by atoms with Crippen molar-refractivity contribution in [1.82, 2.24) is 9.80 Å². The molecule has 1 heterocycles. The predicted octanol–water partition coefficient (Wildman–Crippen LogP) is 1.60. The lowest BCUT2D eigenvalue weighted by Crippen LogP contribution is -2.40. The molecule has 0 aromatic heterocycles. The van der Waals surface area contributed by atoms with E-state index in [0.717, 1.165) is 18.6 Å². The van der Waals surface area contributed by atoms with Crippen molar-refractivity contribution in [1.29, 1.82) is 0 Å². The first-order valence-corrected chi connectivity index (χ1v) is 8.20. The van der Waals surface area contributed by atoms with Crippen molar-refractivity contribution >= 4 is 23.6 Å². The lowest BCUT2D eigenvalue weighted by Gasteiger charge is -2.27. The number of carbonyl (C=O) groups is 2. The molecule has 19 heavy (non-hydrogen) atoms. The molecule has 2 fully saturated rings. The summed E-state index contributed by atoms with van der Waals surface area (Å²) in [7, 11) is 3.69. The zero-order chi connectivity index (χ0) is 14.0. The molecule has 3 atom stereocenters. The Hall–Kier alpha value is -0.710. The van der Waals surface area contributed by atoms with E-state index in [4.69, 9.17) is 0 Å². The lowest BCUT2D eigenvalue weighted by molar-refractivity contribution is -0.136. The van der Waals surface area contributed by atoms with Gasteiger partial charge in [-0.05, 0) is 25.0 Å². The minimum Gasteiger partial charge on any atom is -0.345 e. The standard InChI is InChI=1S/C14H24N2O2S/c1-4-19-12-6-5-11(8-12)16(3)14(18)10-7-13(17)15(2)9-10/h10-12H,4-9H2,1-3H3/t10-,11-,12+/m0/s1. The summed E-state index contributed by atoms with van der Waals surface area (Å²) in [4.78, 5) is 27.5. The third-order valence-electron chi connectivity index (χ3n) is 4.34. The van der Waals surface area contributed by atoms with E-state index < -0.39 is 0 Å². The van der Waals surface area contributed by atoms with Gasteiger partial charge in [-0.2, -0.15) is 11.8 Å². The quantitative estimate of drug-likeness (QED) is 0.787. The summed E-state index contributed by atoms with van der Waals surface area (Å²) in [6, 6.07) is 0.373. The van der Waals surface area contributed by atoms with Gasteiger partial charge in [0.2, 0.25) is 11.8 Å². The Labute approximate surface area is 119 Å². The van der Waals surface area contributed by atoms with Crippen LogP contribution in [0.15, 0.2) is 0 Å². The Bertz CT molecular complexity index is 361. The van der Waals surface area contributed by atoms with E-state index in [0.29, 0.717) is 24.3 Å². The number of carbonyl (C=O) groups excluding carboxylic acids is 2. The Balaban J connectivity index is 1.88. The van der Waals surface area contributed by atoms with Crippen molar-refractivity contribution < 1.29 is 9.59 Å². The molecular formula is C14H24N2O2S. The van der Waals surface area contributed by atoms with Crippen LogP contribution in [-0.2, 0) is 9.59 Å². The SMILES string of the molecule is CCS[C@@H]1CC[C@H](N(C)C(=O)[C@H]2CC(=O)N(C)C2)C1. The number of amides is 2. The van der Waals surface area contributed by atoms with Crippen LogP contribution in [0.3, 0.4) is 0 Å². The van der Waals surface area contributed by atoms with E-state index in [9.17, 15) is 9.59 Å². The number of hydrogen-bond acceptors (Lipinski definition) is 3. The number of hydrogen-bond donors (Lipinski definition) is 0. The molecule has 1 saturated heterocycles. The van der Waals surface area contributed by atoms with Gasteiger partial charge >= 0.3 is 0 Å². The minimum absolute atomic E-state index is 0.0950. The molecule has 2 aliphatic rings. The highest BCUT2D eigenvalue weighted by molar-refractivity contribution is 7.99. The minimum atomic E-state index is -0.125. The second kappa shape index (κ2) is 6.16. The van der Waals surface area contributed by atoms with E-state index in [1.807, 2.05) is 23.7 Å². The number of thioether (sulfide) groups is 1. The van der Waals surface area contributed by atoms with Crippen molar-refractivity contribution in [2.24, 2.45) is 5.92 Å². The van der Waals surface area contributed by atoms with E-state index >= 15 is 0 Å². The van der Waals surface area contributed by atoms with Crippen LogP contribution < -0.4 is 0 Å². The summed E-state index contributed by atoms with van der Waals surface area (Å²) in [5.41, 5.74) is 0. The van der Waals surface area contributed by atoms with Gasteiger partial charge in [0.15, 0.2) is 0 Å². The van der Waals surface area contributed by atoms with Crippen LogP contribution in [0.5, 0.6) is 0 Å². The molecule has 5 heteroatoms. The van der Waals surface area contributed by atoms with Gasteiger partial charge in [-0.1, -0.05) is 6.92 Å². The summed E-state index contributed by atoms with van der Waals surface area (Å²) in [5.74, 6) is 1.28. The van der Waals surface area contributed by atoms with Crippen molar-refractivity contribution in [3.63, 3.8) is 0 Å². The van der Waals surface area contributed by atoms with Crippen LogP contribution in [0, 0.1) is 5.92 Å². The molecule has 108 valence electrons. The molecule has 4 nitrogen and oxygen atoms in total. The van der Waals surface area contributed by atoms with E-state index in [1.54, 1.807) is 11.9 Å². The highest BCUT2D eigenvalue weighted by Crippen LogP contribution is 2.33. The predicted molar refractivity (Wildman–Crippen MR) is 78.1 cm³/mol. The smallest absolute Gasteiger partial charge is 0.227 e. The Morgan fingerprint density at radius 1 is 1.47 bits per heavy atom. The van der Waals surface area contributed by atoms with Crippen LogP contribution >= 0.6 is 11.8 Å². The first-order chi connectivity index (χ1) is 9.02. The molecule has 0 spiro atoms. The second-order valence-corrected chi connectivity index (χ2v) is 7.25. The third kappa shape index (κ3) is 3.25. The van der Waals surface area contributed by atoms with Crippen LogP contribution in [0.1, 0.15) is 32.6 Å². The largest absolute Gasteiger partial charge is 0.345 e. The molecule has 1 saturated carbocycles. The molecule has 0 aromatic rings. The maximum absolute atomic E-state index is 12.4. The monoisotopic (exact) mass is 284 g/mol. The van der Waals surface area contributed by atoms with E-state index in [1.165, 1.54) is 6.42 Å². The summed E-state index contributed by atoms with van der Waals surface area (Å²) in [6.45, 7) is 2.77. The molecule has 0 bridgehead atoms. The average molecular weight is 284 g/mol. The van der Waals surface area contributed by atoms with E-state index in [-0.39, 0.29) is 17.7 Å². The normalized spacial score (nSPS) is 31.0. The number of rotatable bonds is 4. The van der Waals surface area contributed by atoms with Gasteiger partial charge in [0.1, 0.15) is 0 Å². The van der Waals surface area contributed by atoms with Gasteiger partial charge < -0.3 is 9.80 Å². The summed E-state index contributed by atoms with van der Waals surface area (Å²) in [5, 5.41) is 0.707.